The fourth-order valence-corrected chi connectivity index (χ4v) is 6.54. The Hall–Kier alpha value is -1.92. The van der Waals surface area contributed by atoms with Gasteiger partial charge in [-0.15, -0.1) is 0 Å². The quantitative estimate of drug-likeness (QED) is 0.378. The van der Waals surface area contributed by atoms with Crippen LogP contribution in [0.4, 0.5) is 23.7 Å². The third-order valence-corrected chi connectivity index (χ3v) is 8.47. The number of benzene rings is 1. The molecular weight excluding hydrogens is 493 g/mol. The topological polar surface area (TPSA) is 87.3 Å². The van der Waals surface area contributed by atoms with Gasteiger partial charge in [0.05, 0.1) is 17.9 Å². The number of ether oxygens (including phenoxy) is 3. The average molecular weight is 529 g/mol. The number of fused-ring (bicyclic) bond motifs is 2. The Labute approximate surface area is 214 Å². The summed E-state index contributed by atoms with van der Waals surface area (Å²) in [7, 11) is 0. The predicted molar refractivity (Wildman–Crippen MR) is 126 cm³/mol. The molecule has 4 saturated heterocycles. The third-order valence-electron chi connectivity index (χ3n) is 8.47. The molecule has 0 radical (unpaired) electrons. The van der Waals surface area contributed by atoms with Gasteiger partial charge in [0, 0.05) is 24.8 Å². The molecule has 5 aliphatic rings. The molecule has 1 aliphatic carbocycles. The molecule has 2 bridgehead atoms. The molecule has 1 spiro atoms. The van der Waals surface area contributed by atoms with Crippen molar-refractivity contribution in [3.05, 3.63) is 29.8 Å². The largest absolute Gasteiger partial charge is 0.418 e. The number of hydrogen-bond donors (Lipinski definition) is 2. The van der Waals surface area contributed by atoms with Crippen molar-refractivity contribution in [2.75, 3.05) is 18.5 Å². The molecule has 8 nitrogen and oxygen atoms in total. The van der Waals surface area contributed by atoms with Gasteiger partial charge in [-0.3, -0.25) is 0 Å². The van der Waals surface area contributed by atoms with Crippen LogP contribution in [0.5, 0.6) is 0 Å². The molecule has 11 heteroatoms. The normalized spacial score (nSPS) is 39.0. The van der Waals surface area contributed by atoms with Crippen LogP contribution in [0.2, 0.25) is 0 Å². The Morgan fingerprint density at radius 1 is 1.14 bits per heavy atom. The summed E-state index contributed by atoms with van der Waals surface area (Å²) in [5.74, 6) is 0.0768. The maximum Gasteiger partial charge on any atom is 0.418 e. The number of anilines is 1. The van der Waals surface area contributed by atoms with E-state index in [9.17, 15) is 18.0 Å². The predicted octanol–water partition coefficient (Wildman–Crippen LogP) is 5.44. The van der Waals surface area contributed by atoms with Crippen LogP contribution >= 0.6 is 0 Å². The lowest BCUT2D eigenvalue weighted by atomic mass is 9.58. The summed E-state index contributed by atoms with van der Waals surface area (Å²) in [5.41, 5.74) is -1.84. The molecule has 4 heterocycles. The molecular formula is C26H35F3N2O6. The molecule has 37 heavy (non-hydrogen) atoms. The molecule has 8 atom stereocenters. The van der Waals surface area contributed by atoms with E-state index in [0.29, 0.717) is 18.9 Å². The highest BCUT2D eigenvalue weighted by molar-refractivity contribution is 5.90. The van der Waals surface area contributed by atoms with E-state index in [2.05, 4.69) is 24.5 Å². The van der Waals surface area contributed by atoms with Crippen molar-refractivity contribution in [2.45, 2.75) is 83.0 Å². The summed E-state index contributed by atoms with van der Waals surface area (Å²) in [6.45, 7) is 6.75. The van der Waals surface area contributed by atoms with Crippen LogP contribution in [-0.4, -0.2) is 43.2 Å². The Morgan fingerprint density at radius 2 is 1.92 bits per heavy atom. The van der Waals surface area contributed by atoms with Crippen LogP contribution in [0.3, 0.4) is 0 Å². The van der Waals surface area contributed by atoms with Crippen LogP contribution in [0.25, 0.3) is 0 Å². The number of amides is 2. The van der Waals surface area contributed by atoms with Crippen LogP contribution < -0.4 is 10.6 Å². The number of alkyl halides is 3. The molecule has 0 unspecified atom stereocenters. The number of para-hydroxylation sites is 1. The van der Waals surface area contributed by atoms with Crippen molar-refractivity contribution in [3.8, 4) is 0 Å². The molecule has 1 aromatic carbocycles. The number of rotatable bonds is 6. The van der Waals surface area contributed by atoms with E-state index in [0.717, 1.165) is 31.7 Å². The van der Waals surface area contributed by atoms with Gasteiger partial charge in [-0.2, -0.15) is 13.2 Å². The van der Waals surface area contributed by atoms with Crippen molar-refractivity contribution in [2.24, 2.45) is 23.7 Å². The van der Waals surface area contributed by atoms with Crippen LogP contribution in [0.15, 0.2) is 24.3 Å². The maximum atomic E-state index is 13.1. The second-order valence-electron chi connectivity index (χ2n) is 10.9. The van der Waals surface area contributed by atoms with E-state index >= 15 is 0 Å². The third kappa shape index (κ3) is 4.96. The van der Waals surface area contributed by atoms with Crippen molar-refractivity contribution < 1.29 is 42.0 Å². The lowest BCUT2D eigenvalue weighted by Gasteiger charge is -2.60. The fraction of sp³-hybridized carbons (Fsp3) is 0.731. The van der Waals surface area contributed by atoms with Crippen molar-refractivity contribution in [1.29, 1.82) is 0 Å². The van der Waals surface area contributed by atoms with Crippen molar-refractivity contribution >= 4 is 11.7 Å². The monoisotopic (exact) mass is 528 g/mol. The Kier molecular flexibility index (Phi) is 7.21. The number of halogens is 3. The molecule has 2 N–H and O–H groups in total. The Balaban J connectivity index is 1.14. The minimum atomic E-state index is -4.56. The summed E-state index contributed by atoms with van der Waals surface area (Å²) < 4.78 is 58.1. The SMILES string of the molecule is C[C@H]1[C@@H](OCCCNC(=O)Nc2ccccc2C(F)(F)F)O[C@@H]2O[C@]3(C)CC[C@H]4[C@H](C)CC[C@@H]1[C@@]24OO3. The minimum absolute atomic E-state index is 0.0380. The van der Waals surface area contributed by atoms with Crippen LogP contribution in [-0.2, 0) is 30.2 Å². The van der Waals surface area contributed by atoms with E-state index in [1.54, 1.807) is 0 Å². The summed E-state index contributed by atoms with van der Waals surface area (Å²) >= 11 is 0. The number of nitrogens with one attached hydrogen (secondary N) is 2. The van der Waals surface area contributed by atoms with E-state index < -0.39 is 41.7 Å². The number of carbonyl (C=O) groups excluding carboxylic acids is 1. The number of carbonyl (C=O) groups is 1. The lowest BCUT2D eigenvalue weighted by Crippen LogP contribution is -2.70. The minimum Gasteiger partial charge on any atom is -0.352 e. The highest BCUT2D eigenvalue weighted by atomic mass is 19.4. The van der Waals surface area contributed by atoms with Gasteiger partial charge in [0.25, 0.3) is 0 Å². The summed E-state index contributed by atoms with van der Waals surface area (Å²) in [6, 6.07) is 4.14. The highest BCUT2D eigenvalue weighted by Gasteiger charge is 2.69. The van der Waals surface area contributed by atoms with Gasteiger partial charge >= 0.3 is 12.2 Å². The zero-order valence-corrected chi connectivity index (χ0v) is 21.3. The summed E-state index contributed by atoms with van der Waals surface area (Å²) in [5, 5.41) is 4.85. The highest BCUT2D eigenvalue weighted by Crippen LogP contribution is 2.60. The zero-order valence-electron chi connectivity index (χ0n) is 21.3. The average Bonchev–Trinajstić information content (AvgIpc) is 3.07. The second-order valence-corrected chi connectivity index (χ2v) is 10.9. The molecule has 206 valence electrons. The first kappa shape index (κ1) is 26.7. The first-order valence-electron chi connectivity index (χ1n) is 13.1. The lowest BCUT2D eigenvalue weighted by molar-refractivity contribution is -0.577. The molecule has 2 amide bonds. The van der Waals surface area contributed by atoms with E-state index in [1.807, 2.05) is 6.92 Å². The van der Waals surface area contributed by atoms with Gasteiger partial charge in [0.1, 0.15) is 0 Å². The standard InChI is InChI=1S/C26H35F3N2O6/c1-15-9-10-18-16(2)21(34-22-25(18)17(15)11-12-24(3,35-22)36-37-25)33-14-6-13-30-23(32)31-20-8-5-4-7-19(20)26(27,28)29/h4-5,7-8,15-18,21-22H,6,9-14H2,1-3H3,(H2,30,31,32)/t15-,16-,17+,18+,21+,22-,24+,25-/m1/s1. The smallest absolute Gasteiger partial charge is 0.352 e. The van der Waals surface area contributed by atoms with Crippen LogP contribution in [0.1, 0.15) is 58.4 Å². The second kappa shape index (κ2) is 10.00. The van der Waals surface area contributed by atoms with Gasteiger partial charge in [-0.1, -0.05) is 26.0 Å². The molecule has 1 saturated carbocycles. The zero-order chi connectivity index (χ0) is 26.4. The Morgan fingerprint density at radius 3 is 2.70 bits per heavy atom. The van der Waals surface area contributed by atoms with Gasteiger partial charge in [0.2, 0.25) is 5.79 Å². The molecule has 1 aromatic rings. The van der Waals surface area contributed by atoms with Crippen molar-refractivity contribution in [1.82, 2.24) is 5.32 Å². The Bertz CT molecular complexity index is 995. The maximum absolute atomic E-state index is 13.1. The summed E-state index contributed by atoms with van der Waals surface area (Å²) in [6.07, 6.45) is -1.46. The van der Waals surface area contributed by atoms with Gasteiger partial charge in [-0.05, 0) is 56.6 Å². The van der Waals surface area contributed by atoms with E-state index in [-0.39, 0.29) is 30.0 Å². The number of hydrogen-bond acceptors (Lipinski definition) is 6. The van der Waals surface area contributed by atoms with Crippen LogP contribution in [0, 0.1) is 23.7 Å². The van der Waals surface area contributed by atoms with Crippen molar-refractivity contribution in [3.63, 3.8) is 0 Å². The first-order chi connectivity index (χ1) is 17.5. The molecule has 0 aromatic heterocycles. The van der Waals surface area contributed by atoms with Gasteiger partial charge in [0.15, 0.2) is 18.2 Å². The van der Waals surface area contributed by atoms with Gasteiger partial charge in [-0.25, -0.2) is 14.6 Å². The van der Waals surface area contributed by atoms with E-state index in [4.69, 9.17) is 24.0 Å². The van der Waals surface area contributed by atoms with E-state index in [1.165, 1.54) is 18.2 Å². The van der Waals surface area contributed by atoms with Gasteiger partial charge < -0.3 is 24.8 Å². The fourth-order valence-electron chi connectivity index (χ4n) is 6.54. The molecule has 6 rings (SSSR count). The molecule has 4 aliphatic heterocycles. The molecule has 5 fully saturated rings. The first-order valence-corrected chi connectivity index (χ1v) is 13.1. The summed E-state index contributed by atoms with van der Waals surface area (Å²) in [4.78, 5) is 24.1. The number of urea groups is 1.